The van der Waals surface area contributed by atoms with Crippen molar-refractivity contribution in [2.45, 2.75) is 46.4 Å². The van der Waals surface area contributed by atoms with E-state index < -0.39 is 28.6 Å². The molecule has 182 valence electrons. The van der Waals surface area contributed by atoms with Crippen LogP contribution in [0.25, 0.3) is 10.9 Å². The Balaban J connectivity index is 1.99. The Morgan fingerprint density at radius 2 is 2.00 bits per heavy atom. The van der Waals surface area contributed by atoms with Crippen molar-refractivity contribution in [3.63, 3.8) is 0 Å². The molecular weight excluding hydrogens is 443 g/mol. The van der Waals surface area contributed by atoms with E-state index in [2.05, 4.69) is 0 Å². The molecule has 34 heavy (non-hydrogen) atoms. The van der Waals surface area contributed by atoms with Crippen LogP contribution in [0, 0.1) is 18.7 Å². The highest BCUT2D eigenvalue weighted by molar-refractivity contribution is 6.05. The number of carbonyl (C=O) groups is 1. The van der Waals surface area contributed by atoms with Gasteiger partial charge in [-0.05, 0) is 25.3 Å². The molecule has 3 heterocycles. The number of fused-ring (bicyclic) bond motifs is 1. The maximum atomic E-state index is 14.8. The normalized spacial score (nSPS) is 18.4. The third-order valence-corrected chi connectivity index (χ3v) is 5.99. The van der Waals surface area contributed by atoms with Crippen molar-refractivity contribution in [2.75, 3.05) is 13.2 Å². The summed E-state index contributed by atoms with van der Waals surface area (Å²) in [5.41, 5.74) is -1.30. The minimum atomic E-state index is -1.24. The topological polar surface area (TPSA) is 98.7 Å². The second-order valence-electron chi connectivity index (χ2n) is 9.68. The fraction of sp³-hybridized carbons (Fsp3) is 0.458. The van der Waals surface area contributed by atoms with Crippen LogP contribution in [-0.4, -0.2) is 48.5 Å². The number of hydroxylamine groups is 2. The first kappa shape index (κ1) is 23.9. The van der Waals surface area contributed by atoms with Crippen LogP contribution in [0.4, 0.5) is 4.39 Å². The summed E-state index contributed by atoms with van der Waals surface area (Å²) in [4.78, 5) is 45.2. The van der Waals surface area contributed by atoms with Crippen molar-refractivity contribution in [1.29, 1.82) is 0 Å². The van der Waals surface area contributed by atoms with Gasteiger partial charge >= 0.3 is 5.69 Å². The smallest absolute Gasteiger partial charge is 0.331 e. The van der Waals surface area contributed by atoms with Gasteiger partial charge in [-0.1, -0.05) is 32.0 Å². The lowest BCUT2D eigenvalue weighted by Gasteiger charge is -2.18. The predicted octanol–water partition coefficient (Wildman–Crippen LogP) is 1.79. The summed E-state index contributed by atoms with van der Waals surface area (Å²) in [7, 11) is 1.36. The molecule has 1 aromatic carbocycles. The Kier molecular flexibility index (Phi) is 5.99. The summed E-state index contributed by atoms with van der Waals surface area (Å²) in [6, 6.07) is 4.97. The van der Waals surface area contributed by atoms with Crippen molar-refractivity contribution >= 4 is 16.8 Å². The Labute approximate surface area is 195 Å². The van der Waals surface area contributed by atoms with Crippen LogP contribution < -0.4 is 11.2 Å². The average molecular weight is 473 g/mol. The van der Waals surface area contributed by atoms with Crippen LogP contribution in [0.2, 0.25) is 0 Å². The van der Waals surface area contributed by atoms with Crippen molar-refractivity contribution < 1.29 is 19.1 Å². The van der Waals surface area contributed by atoms with Crippen LogP contribution in [0.15, 0.2) is 34.0 Å². The fourth-order valence-electron chi connectivity index (χ4n) is 4.27. The van der Waals surface area contributed by atoms with Gasteiger partial charge in [-0.15, -0.1) is 0 Å². The van der Waals surface area contributed by atoms with Crippen LogP contribution in [0.3, 0.4) is 0 Å². The van der Waals surface area contributed by atoms with Gasteiger partial charge < -0.3 is 9.67 Å². The zero-order valence-corrected chi connectivity index (χ0v) is 20.0. The van der Waals surface area contributed by atoms with E-state index in [0.717, 1.165) is 9.63 Å². The van der Waals surface area contributed by atoms with E-state index in [1.807, 2.05) is 13.8 Å². The van der Waals surface area contributed by atoms with E-state index in [0.29, 0.717) is 23.2 Å². The number of amides is 1. The summed E-state index contributed by atoms with van der Waals surface area (Å²) >= 11 is 0. The summed E-state index contributed by atoms with van der Waals surface area (Å²) in [5.74, 6) is -0.966. The number of nitrogens with zero attached hydrogens (tertiary/aromatic N) is 4. The molecule has 9 nitrogen and oxygen atoms in total. The number of hydrogen-bond acceptors (Lipinski definition) is 5. The molecule has 0 bridgehead atoms. The van der Waals surface area contributed by atoms with Crippen molar-refractivity contribution in [3.05, 3.63) is 67.9 Å². The Morgan fingerprint density at radius 3 is 2.62 bits per heavy atom. The predicted molar refractivity (Wildman–Crippen MR) is 124 cm³/mol. The minimum Gasteiger partial charge on any atom is -0.386 e. The molecule has 0 spiro atoms. The highest BCUT2D eigenvalue weighted by Crippen LogP contribution is 2.26. The lowest BCUT2D eigenvalue weighted by atomic mass is 10.1. The van der Waals surface area contributed by atoms with E-state index in [4.69, 9.17) is 4.84 Å². The summed E-state index contributed by atoms with van der Waals surface area (Å²) in [5, 5.41) is 11.3. The third kappa shape index (κ3) is 4.07. The zero-order chi connectivity index (χ0) is 24.9. The molecular formula is C24H29FN4O5. The monoisotopic (exact) mass is 472 g/mol. The van der Waals surface area contributed by atoms with Crippen molar-refractivity contribution in [3.8, 4) is 0 Å². The first-order valence-electron chi connectivity index (χ1n) is 11.1. The number of hydrogen-bond donors (Lipinski definition) is 1. The summed E-state index contributed by atoms with van der Waals surface area (Å²) < 4.78 is 18.8. The van der Waals surface area contributed by atoms with Gasteiger partial charge in [-0.2, -0.15) is 0 Å². The minimum absolute atomic E-state index is 0.0216. The summed E-state index contributed by atoms with van der Waals surface area (Å²) in [6.07, 6.45) is 1.55. The van der Waals surface area contributed by atoms with Crippen LogP contribution in [0.1, 0.15) is 42.4 Å². The number of aryl methyl sites for hydroxylation is 1. The molecule has 1 aliphatic rings. The third-order valence-electron chi connectivity index (χ3n) is 5.99. The summed E-state index contributed by atoms with van der Waals surface area (Å²) in [6.45, 7) is 7.18. The van der Waals surface area contributed by atoms with Gasteiger partial charge in [0, 0.05) is 25.4 Å². The van der Waals surface area contributed by atoms with Crippen molar-refractivity contribution in [1.82, 2.24) is 18.8 Å². The number of aromatic nitrogens is 3. The van der Waals surface area contributed by atoms with Crippen LogP contribution >= 0.6 is 0 Å². The Hall–Kier alpha value is -3.24. The van der Waals surface area contributed by atoms with Gasteiger partial charge in [-0.25, -0.2) is 14.2 Å². The molecule has 1 atom stereocenters. The van der Waals surface area contributed by atoms with Gasteiger partial charge in [0.2, 0.25) is 0 Å². The highest BCUT2D eigenvalue weighted by Gasteiger charge is 2.38. The van der Waals surface area contributed by atoms with E-state index in [9.17, 15) is 23.9 Å². The lowest BCUT2D eigenvalue weighted by Crippen LogP contribution is -2.40. The van der Waals surface area contributed by atoms with Crippen LogP contribution in [0.5, 0.6) is 0 Å². The molecule has 0 saturated carbocycles. The van der Waals surface area contributed by atoms with E-state index in [-0.39, 0.29) is 36.7 Å². The molecule has 1 N–H and O–H groups in total. The maximum absolute atomic E-state index is 14.8. The number of β-amino-alcohol motifs (C(OH)–C–C–N with tert-alkyl or cyclic N) is 1. The molecule has 0 radical (unpaired) electrons. The second-order valence-corrected chi connectivity index (χ2v) is 9.68. The highest BCUT2D eigenvalue weighted by atomic mass is 19.1. The average Bonchev–Trinajstić information content (AvgIpc) is 3.32. The fourth-order valence-corrected chi connectivity index (χ4v) is 4.27. The molecule has 1 amide bonds. The molecule has 0 aliphatic carbocycles. The molecule has 1 aliphatic heterocycles. The number of halogens is 1. The van der Waals surface area contributed by atoms with Gasteiger partial charge in [0.25, 0.3) is 11.5 Å². The van der Waals surface area contributed by atoms with Gasteiger partial charge in [0.05, 0.1) is 24.0 Å². The lowest BCUT2D eigenvalue weighted by molar-refractivity contribution is -0.0801. The van der Waals surface area contributed by atoms with Crippen LogP contribution in [-0.2, 0) is 25.0 Å². The first-order chi connectivity index (χ1) is 15.9. The molecule has 1 saturated heterocycles. The number of aliphatic hydroxyl groups is 1. The Morgan fingerprint density at radius 1 is 1.29 bits per heavy atom. The molecule has 4 rings (SSSR count). The first-order valence-corrected chi connectivity index (χ1v) is 11.1. The Bertz CT molecular complexity index is 1400. The molecule has 3 aromatic rings. The van der Waals surface area contributed by atoms with E-state index >= 15 is 0 Å². The zero-order valence-electron chi connectivity index (χ0n) is 20.0. The van der Waals surface area contributed by atoms with Gasteiger partial charge in [-0.3, -0.25) is 23.6 Å². The van der Waals surface area contributed by atoms with E-state index in [1.54, 1.807) is 38.2 Å². The number of benzene rings is 1. The number of rotatable bonds is 5. The van der Waals surface area contributed by atoms with Gasteiger partial charge in [0.1, 0.15) is 23.7 Å². The molecule has 1 fully saturated rings. The van der Waals surface area contributed by atoms with Gasteiger partial charge in [0.15, 0.2) is 0 Å². The maximum Gasteiger partial charge on any atom is 0.331 e. The SMILES string of the molecule is Cc1cccc(Cn2cc3c(c2C(=O)N2C[C@](C)(O)CO2)c(=O)n(C)c(=O)n3CC(C)C)c1F. The van der Waals surface area contributed by atoms with Crippen molar-refractivity contribution in [2.24, 2.45) is 13.0 Å². The molecule has 10 heteroatoms. The number of carbonyl (C=O) groups excluding carboxylic acids is 1. The quantitative estimate of drug-likeness (QED) is 0.611. The van der Waals surface area contributed by atoms with E-state index in [1.165, 1.54) is 16.2 Å². The standard InChI is InChI=1S/C24H29FN4O5/c1-14(2)9-28-17-11-27(10-16-8-6-7-15(3)19(16)25)20(18(17)21(30)26(5)23(28)32)22(31)29-12-24(4,33)13-34-29/h6-8,11,14,33H,9-10,12-13H2,1-5H3/t24-/m0/s1. The molecule has 2 aromatic heterocycles. The largest absolute Gasteiger partial charge is 0.386 e. The second kappa shape index (κ2) is 8.52. The molecule has 0 unspecified atom stereocenters.